The summed E-state index contributed by atoms with van der Waals surface area (Å²) in [5.74, 6) is -0.130. The highest BCUT2D eigenvalue weighted by Crippen LogP contribution is 2.37. The summed E-state index contributed by atoms with van der Waals surface area (Å²) in [7, 11) is 0. The predicted molar refractivity (Wildman–Crippen MR) is 113 cm³/mol. The van der Waals surface area contributed by atoms with Gasteiger partial charge in [0.25, 0.3) is 5.91 Å². The number of likely N-dealkylation sites (tertiary alicyclic amines) is 1. The lowest BCUT2D eigenvalue weighted by atomic mass is 9.82. The molecule has 30 heavy (non-hydrogen) atoms. The molecule has 1 atom stereocenters. The molecule has 0 unspecified atom stereocenters. The van der Waals surface area contributed by atoms with Crippen molar-refractivity contribution < 1.29 is 13.9 Å². The number of morpholine rings is 1. The molecule has 3 fully saturated rings. The van der Waals surface area contributed by atoms with Crippen LogP contribution in [-0.4, -0.2) is 78.1 Å². The van der Waals surface area contributed by atoms with Crippen LogP contribution in [0.4, 0.5) is 4.39 Å². The third-order valence-corrected chi connectivity index (χ3v) is 6.77. The van der Waals surface area contributed by atoms with Gasteiger partial charge in [-0.15, -0.1) is 0 Å². The second-order valence-electron chi connectivity index (χ2n) is 8.58. The smallest absolute Gasteiger partial charge is 0.253 e. The van der Waals surface area contributed by atoms with Gasteiger partial charge in [-0.25, -0.2) is 4.39 Å². The number of benzene rings is 2. The molecule has 7 heteroatoms. The Hall–Kier alpha value is -1.99. The highest BCUT2D eigenvalue weighted by Gasteiger charge is 2.54. The summed E-state index contributed by atoms with van der Waals surface area (Å²) in [6.07, 6.45) is 0. The van der Waals surface area contributed by atoms with E-state index < -0.39 is 0 Å². The first-order valence-corrected chi connectivity index (χ1v) is 10.8. The van der Waals surface area contributed by atoms with Crippen LogP contribution in [0.5, 0.6) is 0 Å². The van der Waals surface area contributed by atoms with Crippen LogP contribution in [0.2, 0.25) is 5.02 Å². The molecular weight excluding hydrogens is 405 g/mol. The fraction of sp³-hybridized carbons (Fsp3) is 0.435. The number of ether oxygens (including phenoxy) is 1. The maximum Gasteiger partial charge on any atom is 0.253 e. The summed E-state index contributed by atoms with van der Waals surface area (Å²) in [6.45, 7) is 5.81. The van der Waals surface area contributed by atoms with E-state index in [4.69, 9.17) is 16.3 Å². The van der Waals surface area contributed by atoms with E-state index in [1.165, 1.54) is 6.07 Å². The number of amides is 1. The Morgan fingerprint density at radius 2 is 1.90 bits per heavy atom. The molecule has 0 saturated carbocycles. The molecule has 0 radical (unpaired) electrons. The summed E-state index contributed by atoms with van der Waals surface area (Å²) >= 11 is 5.98. The van der Waals surface area contributed by atoms with Crippen molar-refractivity contribution in [1.29, 1.82) is 0 Å². The van der Waals surface area contributed by atoms with Crippen molar-refractivity contribution in [2.75, 3.05) is 45.9 Å². The number of carbonyl (C=O) groups excluding carboxylic acids is 1. The normalized spacial score (nSPS) is 23.8. The van der Waals surface area contributed by atoms with Gasteiger partial charge in [0, 0.05) is 55.4 Å². The van der Waals surface area contributed by atoms with Crippen molar-refractivity contribution in [3.05, 3.63) is 70.5 Å². The fourth-order valence-corrected chi connectivity index (χ4v) is 5.30. The molecule has 0 aromatic heterocycles. The van der Waals surface area contributed by atoms with E-state index in [9.17, 15) is 9.18 Å². The lowest BCUT2D eigenvalue weighted by Gasteiger charge is -2.63. The molecule has 5 nitrogen and oxygen atoms in total. The van der Waals surface area contributed by atoms with E-state index in [-0.39, 0.29) is 23.3 Å². The highest BCUT2D eigenvalue weighted by atomic mass is 35.5. The molecule has 2 aromatic rings. The van der Waals surface area contributed by atoms with Crippen molar-refractivity contribution in [3.63, 3.8) is 0 Å². The van der Waals surface area contributed by atoms with Gasteiger partial charge in [-0.1, -0.05) is 29.8 Å². The number of halogens is 2. The van der Waals surface area contributed by atoms with Gasteiger partial charge in [-0.2, -0.15) is 0 Å². The highest BCUT2D eigenvalue weighted by molar-refractivity contribution is 6.30. The molecule has 1 spiro atoms. The first-order valence-electron chi connectivity index (χ1n) is 10.4. The van der Waals surface area contributed by atoms with Crippen LogP contribution in [0, 0.1) is 5.82 Å². The molecule has 1 amide bonds. The number of carbonyl (C=O) groups is 1. The number of hydrogen-bond acceptors (Lipinski definition) is 4. The lowest BCUT2D eigenvalue weighted by molar-refractivity contribution is -0.160. The topological polar surface area (TPSA) is 36.0 Å². The molecule has 3 saturated heterocycles. The van der Waals surface area contributed by atoms with Crippen molar-refractivity contribution in [2.45, 2.75) is 18.1 Å². The van der Waals surface area contributed by atoms with Gasteiger partial charge in [0.15, 0.2) is 0 Å². The number of hydrogen-bond donors (Lipinski definition) is 0. The first kappa shape index (κ1) is 19.9. The Bertz CT molecular complexity index is 932. The maximum absolute atomic E-state index is 14.1. The summed E-state index contributed by atoms with van der Waals surface area (Å²) in [6, 6.07) is 14.2. The van der Waals surface area contributed by atoms with Crippen LogP contribution in [0.25, 0.3) is 0 Å². The Labute approximate surface area is 181 Å². The van der Waals surface area contributed by atoms with Gasteiger partial charge in [-0.3, -0.25) is 14.6 Å². The van der Waals surface area contributed by atoms with Gasteiger partial charge < -0.3 is 9.64 Å². The van der Waals surface area contributed by atoms with Gasteiger partial charge in [0.05, 0.1) is 24.8 Å². The minimum absolute atomic E-state index is 0.0313. The zero-order chi connectivity index (χ0) is 20.7. The molecule has 5 rings (SSSR count). The fourth-order valence-electron chi connectivity index (χ4n) is 5.17. The summed E-state index contributed by atoms with van der Waals surface area (Å²) in [4.78, 5) is 19.9. The average molecular weight is 430 g/mol. The van der Waals surface area contributed by atoms with E-state index in [2.05, 4.69) is 9.80 Å². The summed E-state index contributed by atoms with van der Waals surface area (Å²) < 4.78 is 19.8. The number of rotatable bonds is 3. The van der Waals surface area contributed by atoms with Crippen LogP contribution in [-0.2, 0) is 11.3 Å². The second-order valence-corrected chi connectivity index (χ2v) is 9.01. The molecular formula is C23H25ClFN3O2. The van der Waals surface area contributed by atoms with Crippen LogP contribution < -0.4 is 0 Å². The second kappa shape index (κ2) is 7.93. The Kier molecular flexibility index (Phi) is 5.27. The van der Waals surface area contributed by atoms with Crippen molar-refractivity contribution in [2.24, 2.45) is 0 Å². The molecule has 3 heterocycles. The Morgan fingerprint density at radius 3 is 2.67 bits per heavy atom. The Morgan fingerprint density at radius 1 is 1.13 bits per heavy atom. The number of fused-ring (bicyclic) bond motifs is 2. The molecule has 3 aliphatic heterocycles. The largest absolute Gasteiger partial charge is 0.378 e. The standard InChI is InChI=1S/C23H25ClFN3O2/c24-19-7-5-17(6-8-19)22(29)27-12-20-13-30-10-9-28(20)23(16-27)14-26(15-23)11-18-3-1-2-4-21(18)25/h1-8,20H,9-16H2/t20-/m1/s1. The van der Waals surface area contributed by atoms with E-state index >= 15 is 0 Å². The number of nitrogens with zero attached hydrogens (tertiary/aromatic N) is 3. The predicted octanol–water partition coefficient (Wildman–Crippen LogP) is 2.89. The average Bonchev–Trinajstić information content (AvgIpc) is 2.74. The zero-order valence-electron chi connectivity index (χ0n) is 16.8. The minimum atomic E-state index is -0.161. The van der Waals surface area contributed by atoms with Gasteiger partial charge in [0.1, 0.15) is 5.82 Å². The van der Waals surface area contributed by atoms with Crippen molar-refractivity contribution in [3.8, 4) is 0 Å². The zero-order valence-corrected chi connectivity index (χ0v) is 17.5. The van der Waals surface area contributed by atoms with Gasteiger partial charge in [-0.05, 0) is 30.3 Å². The SMILES string of the molecule is O=C(c1ccc(Cl)cc1)N1C[C@@H]2COCCN2C2(CN(Cc3ccccc3F)C2)C1. The van der Waals surface area contributed by atoms with Crippen LogP contribution in [0.15, 0.2) is 48.5 Å². The van der Waals surface area contributed by atoms with Gasteiger partial charge >= 0.3 is 0 Å². The first-order chi connectivity index (χ1) is 14.5. The molecule has 158 valence electrons. The maximum atomic E-state index is 14.1. The van der Waals surface area contributed by atoms with Crippen LogP contribution in [0.1, 0.15) is 15.9 Å². The van der Waals surface area contributed by atoms with Crippen LogP contribution >= 0.6 is 11.6 Å². The third-order valence-electron chi connectivity index (χ3n) is 6.52. The third kappa shape index (κ3) is 3.62. The monoisotopic (exact) mass is 429 g/mol. The molecule has 0 bridgehead atoms. The Balaban J connectivity index is 1.33. The molecule has 2 aromatic carbocycles. The summed E-state index contributed by atoms with van der Waals surface area (Å²) in [5, 5.41) is 0.622. The van der Waals surface area contributed by atoms with E-state index in [0.29, 0.717) is 36.8 Å². The molecule has 3 aliphatic rings. The van der Waals surface area contributed by atoms with E-state index in [1.54, 1.807) is 30.3 Å². The van der Waals surface area contributed by atoms with Crippen molar-refractivity contribution >= 4 is 17.5 Å². The quantitative estimate of drug-likeness (QED) is 0.751. The van der Waals surface area contributed by atoms with Gasteiger partial charge in [0.2, 0.25) is 0 Å². The van der Waals surface area contributed by atoms with Crippen LogP contribution in [0.3, 0.4) is 0 Å². The minimum Gasteiger partial charge on any atom is -0.378 e. The van der Waals surface area contributed by atoms with Crippen molar-refractivity contribution in [1.82, 2.24) is 14.7 Å². The molecule has 0 aliphatic carbocycles. The molecule has 0 N–H and O–H groups in total. The van der Waals surface area contributed by atoms with E-state index in [1.807, 2.05) is 17.0 Å². The number of piperazine rings is 1. The lowest BCUT2D eigenvalue weighted by Crippen LogP contribution is -2.80. The summed E-state index contributed by atoms with van der Waals surface area (Å²) in [5.41, 5.74) is 1.28. The van der Waals surface area contributed by atoms with E-state index in [0.717, 1.165) is 31.8 Å².